The van der Waals surface area contributed by atoms with Crippen molar-refractivity contribution in [3.8, 4) is 5.75 Å². The molecule has 0 aliphatic rings. The van der Waals surface area contributed by atoms with E-state index in [0.29, 0.717) is 23.2 Å². The molecule has 0 unspecified atom stereocenters. The van der Waals surface area contributed by atoms with E-state index in [2.05, 4.69) is 10.3 Å². The summed E-state index contributed by atoms with van der Waals surface area (Å²) in [6.07, 6.45) is 2.48. The van der Waals surface area contributed by atoms with Gasteiger partial charge in [-0.2, -0.15) is 0 Å². The van der Waals surface area contributed by atoms with Crippen LogP contribution in [0.4, 0.5) is 0 Å². The van der Waals surface area contributed by atoms with Crippen molar-refractivity contribution in [1.29, 1.82) is 0 Å². The third-order valence-electron chi connectivity index (χ3n) is 2.86. The lowest BCUT2D eigenvalue weighted by Gasteiger charge is -2.08. The molecule has 0 atom stereocenters. The first-order valence-corrected chi connectivity index (χ1v) is 5.94. The molecule has 0 saturated heterocycles. The Morgan fingerprint density at radius 2 is 2.28 bits per heavy atom. The number of aromatic nitrogens is 2. The van der Waals surface area contributed by atoms with Crippen molar-refractivity contribution in [1.82, 2.24) is 14.9 Å². The van der Waals surface area contributed by atoms with Crippen LogP contribution >= 0.6 is 0 Å². The fourth-order valence-electron chi connectivity index (χ4n) is 1.91. The monoisotopic (exact) mass is 247 g/mol. The number of benzene rings is 1. The number of ether oxygens (including phenoxy) is 1. The first kappa shape index (κ1) is 12.6. The molecule has 1 heterocycles. The van der Waals surface area contributed by atoms with Crippen LogP contribution in [0, 0.1) is 0 Å². The average molecular weight is 247 g/mol. The van der Waals surface area contributed by atoms with Gasteiger partial charge in [0.2, 0.25) is 0 Å². The van der Waals surface area contributed by atoms with Crippen LogP contribution in [0.2, 0.25) is 0 Å². The van der Waals surface area contributed by atoms with Crippen molar-refractivity contribution in [2.45, 2.75) is 13.0 Å². The fraction of sp³-hybridized carbons (Fsp3) is 0.385. The summed E-state index contributed by atoms with van der Waals surface area (Å²) >= 11 is 0. The van der Waals surface area contributed by atoms with Gasteiger partial charge in [0.15, 0.2) is 0 Å². The highest BCUT2D eigenvalue weighted by molar-refractivity contribution is 5.83. The molecule has 0 spiro atoms. The second kappa shape index (κ2) is 5.64. The molecular weight excluding hydrogens is 230 g/mol. The summed E-state index contributed by atoms with van der Waals surface area (Å²) in [5, 5.41) is 3.66. The van der Waals surface area contributed by atoms with Crippen LogP contribution in [0.1, 0.15) is 6.42 Å². The summed E-state index contributed by atoms with van der Waals surface area (Å²) in [5.74, 6) is 0.631. The van der Waals surface area contributed by atoms with E-state index >= 15 is 0 Å². The van der Waals surface area contributed by atoms with Gasteiger partial charge in [-0.25, -0.2) is 4.98 Å². The molecule has 96 valence electrons. The predicted octanol–water partition coefficient (Wildman–Crippen LogP) is 1.01. The Bertz CT molecular complexity index is 592. The largest absolute Gasteiger partial charge is 0.494 e. The van der Waals surface area contributed by atoms with Crippen molar-refractivity contribution in [2.75, 3.05) is 20.7 Å². The zero-order chi connectivity index (χ0) is 13.0. The molecule has 0 fully saturated rings. The number of nitrogens with one attached hydrogen (secondary N) is 1. The number of hydrogen-bond acceptors (Lipinski definition) is 4. The van der Waals surface area contributed by atoms with E-state index in [9.17, 15) is 4.79 Å². The van der Waals surface area contributed by atoms with Crippen LogP contribution < -0.4 is 15.6 Å². The maximum Gasteiger partial charge on any atom is 0.261 e. The third-order valence-corrected chi connectivity index (χ3v) is 2.86. The number of nitrogens with zero attached hydrogens (tertiary/aromatic N) is 2. The lowest BCUT2D eigenvalue weighted by molar-refractivity contribution is 0.418. The van der Waals surface area contributed by atoms with Crippen molar-refractivity contribution < 1.29 is 4.74 Å². The second-order valence-electron chi connectivity index (χ2n) is 4.06. The molecule has 1 aromatic carbocycles. The molecular formula is C13H17N3O2. The highest BCUT2D eigenvalue weighted by atomic mass is 16.5. The molecule has 0 bridgehead atoms. The summed E-state index contributed by atoms with van der Waals surface area (Å²) in [5.41, 5.74) is 0.602. The zero-order valence-electron chi connectivity index (χ0n) is 10.6. The number of para-hydroxylation sites is 1. The zero-order valence-corrected chi connectivity index (χ0v) is 10.6. The molecule has 5 nitrogen and oxygen atoms in total. The topological polar surface area (TPSA) is 56.1 Å². The molecule has 2 rings (SSSR count). The Morgan fingerprint density at radius 3 is 3.00 bits per heavy atom. The Balaban J connectivity index is 2.42. The van der Waals surface area contributed by atoms with E-state index in [1.54, 1.807) is 30.1 Å². The Labute approximate surface area is 105 Å². The number of methoxy groups -OCH3 is 1. The van der Waals surface area contributed by atoms with Crippen LogP contribution in [0.3, 0.4) is 0 Å². The molecule has 0 aliphatic heterocycles. The lowest BCUT2D eigenvalue weighted by Crippen LogP contribution is -2.22. The fourth-order valence-corrected chi connectivity index (χ4v) is 1.91. The molecule has 1 N–H and O–H groups in total. The number of fused-ring (bicyclic) bond motifs is 1. The summed E-state index contributed by atoms with van der Waals surface area (Å²) < 4.78 is 6.84. The maximum absolute atomic E-state index is 12.2. The van der Waals surface area contributed by atoms with E-state index < -0.39 is 0 Å². The molecule has 18 heavy (non-hydrogen) atoms. The summed E-state index contributed by atoms with van der Waals surface area (Å²) in [6, 6.07) is 5.39. The van der Waals surface area contributed by atoms with Gasteiger partial charge in [0.1, 0.15) is 11.3 Å². The smallest absolute Gasteiger partial charge is 0.261 e. The number of hydrogen-bond donors (Lipinski definition) is 1. The standard InChI is InChI=1S/C13H17N3O2/c1-14-7-4-8-16-9-15-12-10(13(16)17)5-3-6-11(12)18-2/h3,5-6,9,14H,4,7-8H2,1-2H3. The first-order valence-electron chi connectivity index (χ1n) is 5.94. The van der Waals surface area contributed by atoms with Gasteiger partial charge in [-0.05, 0) is 32.1 Å². The minimum absolute atomic E-state index is 0.0185. The number of rotatable bonds is 5. The van der Waals surface area contributed by atoms with E-state index in [-0.39, 0.29) is 5.56 Å². The van der Waals surface area contributed by atoms with Gasteiger partial charge in [0.05, 0.1) is 18.8 Å². The molecule has 0 aliphatic carbocycles. The van der Waals surface area contributed by atoms with Crippen LogP contribution in [-0.4, -0.2) is 30.3 Å². The van der Waals surface area contributed by atoms with Gasteiger partial charge in [-0.1, -0.05) is 6.07 Å². The van der Waals surface area contributed by atoms with Gasteiger partial charge >= 0.3 is 0 Å². The highest BCUT2D eigenvalue weighted by Crippen LogP contribution is 2.19. The van der Waals surface area contributed by atoms with Crippen LogP contribution in [0.5, 0.6) is 5.75 Å². The van der Waals surface area contributed by atoms with E-state index in [0.717, 1.165) is 13.0 Å². The van der Waals surface area contributed by atoms with Crippen molar-refractivity contribution in [3.63, 3.8) is 0 Å². The predicted molar refractivity (Wildman–Crippen MR) is 71.1 cm³/mol. The van der Waals surface area contributed by atoms with Gasteiger partial charge in [-0.3, -0.25) is 9.36 Å². The summed E-state index contributed by atoms with van der Waals surface area (Å²) in [4.78, 5) is 16.5. The van der Waals surface area contributed by atoms with Crippen LogP contribution in [0.15, 0.2) is 29.3 Å². The Kier molecular flexibility index (Phi) is 3.94. The van der Waals surface area contributed by atoms with Gasteiger partial charge in [-0.15, -0.1) is 0 Å². The normalized spacial score (nSPS) is 10.8. The number of aryl methyl sites for hydroxylation is 1. The molecule has 1 aromatic heterocycles. The SMILES string of the molecule is CNCCCn1cnc2c(OC)cccc2c1=O. The molecule has 0 saturated carbocycles. The summed E-state index contributed by atoms with van der Waals surface area (Å²) in [6.45, 7) is 1.54. The molecule has 5 heteroatoms. The second-order valence-corrected chi connectivity index (χ2v) is 4.06. The quantitative estimate of drug-likeness (QED) is 0.801. The van der Waals surface area contributed by atoms with Gasteiger partial charge in [0.25, 0.3) is 5.56 Å². The minimum atomic E-state index is -0.0185. The Hall–Kier alpha value is -1.88. The lowest BCUT2D eigenvalue weighted by atomic mass is 10.2. The maximum atomic E-state index is 12.2. The van der Waals surface area contributed by atoms with Gasteiger partial charge in [0, 0.05) is 6.54 Å². The van der Waals surface area contributed by atoms with Crippen molar-refractivity contribution in [3.05, 3.63) is 34.9 Å². The molecule has 2 aromatic rings. The third kappa shape index (κ3) is 2.36. The molecule has 0 amide bonds. The van der Waals surface area contributed by atoms with E-state index in [1.807, 2.05) is 13.1 Å². The van der Waals surface area contributed by atoms with Crippen molar-refractivity contribution >= 4 is 10.9 Å². The van der Waals surface area contributed by atoms with Crippen LogP contribution in [-0.2, 0) is 6.54 Å². The van der Waals surface area contributed by atoms with Crippen LogP contribution in [0.25, 0.3) is 10.9 Å². The van der Waals surface area contributed by atoms with E-state index in [4.69, 9.17) is 4.74 Å². The van der Waals surface area contributed by atoms with E-state index in [1.165, 1.54) is 0 Å². The first-order chi connectivity index (χ1) is 8.77. The average Bonchev–Trinajstić information content (AvgIpc) is 2.41. The summed E-state index contributed by atoms with van der Waals surface area (Å²) in [7, 11) is 3.47. The highest BCUT2D eigenvalue weighted by Gasteiger charge is 2.07. The van der Waals surface area contributed by atoms with Crippen molar-refractivity contribution in [2.24, 2.45) is 0 Å². The van der Waals surface area contributed by atoms with Gasteiger partial charge < -0.3 is 10.1 Å². The minimum Gasteiger partial charge on any atom is -0.494 e. The molecule has 0 radical (unpaired) electrons. The Morgan fingerprint density at radius 1 is 1.44 bits per heavy atom.